The second kappa shape index (κ2) is 7.05. The lowest BCUT2D eigenvalue weighted by Crippen LogP contribution is -2.15. The van der Waals surface area contributed by atoms with E-state index in [0.29, 0.717) is 17.2 Å². The first-order valence-electron chi connectivity index (χ1n) is 7.78. The average Bonchev–Trinajstić information content (AvgIpc) is 2.56. The molecule has 1 heterocycles. The number of nitrogens with one attached hydrogen (secondary N) is 1. The first kappa shape index (κ1) is 16.5. The van der Waals surface area contributed by atoms with E-state index in [9.17, 15) is 9.59 Å². The van der Waals surface area contributed by atoms with Crippen LogP contribution in [0.1, 0.15) is 23.0 Å². The third kappa shape index (κ3) is 3.95. The van der Waals surface area contributed by atoms with Gasteiger partial charge in [0.1, 0.15) is 22.8 Å². The molecule has 0 saturated carbocycles. The van der Waals surface area contributed by atoms with E-state index in [0.717, 1.165) is 5.75 Å². The molecule has 0 aliphatic carbocycles. The highest BCUT2D eigenvalue weighted by molar-refractivity contribution is 5.98. The third-order valence-corrected chi connectivity index (χ3v) is 3.51. The van der Waals surface area contributed by atoms with Gasteiger partial charge < -0.3 is 14.5 Å². The lowest BCUT2D eigenvalue weighted by atomic mass is 10.1. The number of anilines is 2. The van der Waals surface area contributed by atoms with Gasteiger partial charge in [-0.15, -0.1) is 0 Å². The molecule has 0 fully saturated rings. The second-order valence-electron chi connectivity index (χ2n) is 5.55. The molecule has 0 unspecified atom stereocenters. The van der Waals surface area contributed by atoms with Gasteiger partial charge in [0.15, 0.2) is 11.2 Å². The lowest BCUT2D eigenvalue weighted by molar-refractivity contribution is 0.101. The Morgan fingerprint density at radius 2 is 1.64 bits per heavy atom. The SMILES string of the molecule is CC(=O)c1c(Nc2ccc(Oc3ccccc3)cc2)oc(C)cc1=O. The molecule has 2 aromatic carbocycles. The Kier molecular flexibility index (Phi) is 4.66. The van der Waals surface area contributed by atoms with Crippen LogP contribution in [0, 0.1) is 6.92 Å². The van der Waals surface area contributed by atoms with Crippen molar-refractivity contribution in [3.05, 3.63) is 82.2 Å². The summed E-state index contributed by atoms with van der Waals surface area (Å²) < 4.78 is 11.2. The van der Waals surface area contributed by atoms with Crippen LogP contribution in [0.4, 0.5) is 11.6 Å². The van der Waals surface area contributed by atoms with Gasteiger partial charge in [0.05, 0.1) is 0 Å². The van der Waals surface area contributed by atoms with Crippen LogP contribution in [0.2, 0.25) is 0 Å². The second-order valence-corrected chi connectivity index (χ2v) is 5.55. The van der Waals surface area contributed by atoms with Crippen molar-refractivity contribution in [2.75, 3.05) is 5.32 Å². The molecule has 0 spiro atoms. The number of carbonyl (C=O) groups excluding carboxylic acids is 1. The topological polar surface area (TPSA) is 68.5 Å². The van der Waals surface area contributed by atoms with Crippen molar-refractivity contribution >= 4 is 17.4 Å². The van der Waals surface area contributed by atoms with Crippen molar-refractivity contribution in [3.63, 3.8) is 0 Å². The van der Waals surface area contributed by atoms with E-state index in [4.69, 9.17) is 9.15 Å². The number of benzene rings is 2. The van der Waals surface area contributed by atoms with Gasteiger partial charge >= 0.3 is 0 Å². The Balaban J connectivity index is 1.83. The van der Waals surface area contributed by atoms with E-state index in [1.54, 1.807) is 31.2 Å². The third-order valence-electron chi connectivity index (χ3n) is 3.51. The van der Waals surface area contributed by atoms with Crippen molar-refractivity contribution in [3.8, 4) is 11.5 Å². The Hall–Kier alpha value is -3.34. The Bertz CT molecular complexity index is 944. The minimum Gasteiger partial charge on any atom is -0.457 e. The number of hydrogen-bond donors (Lipinski definition) is 1. The molecule has 0 radical (unpaired) electrons. The minimum absolute atomic E-state index is 0.00946. The number of ether oxygens (including phenoxy) is 1. The molecule has 126 valence electrons. The van der Waals surface area contributed by atoms with E-state index in [1.807, 2.05) is 30.3 Å². The zero-order chi connectivity index (χ0) is 17.8. The summed E-state index contributed by atoms with van der Waals surface area (Å²) in [5, 5.41) is 2.98. The van der Waals surface area contributed by atoms with Crippen LogP contribution in [-0.2, 0) is 0 Å². The van der Waals surface area contributed by atoms with Crippen LogP contribution >= 0.6 is 0 Å². The van der Waals surface area contributed by atoms with E-state index in [-0.39, 0.29) is 22.7 Å². The summed E-state index contributed by atoms with van der Waals surface area (Å²) in [5.41, 5.74) is 0.328. The summed E-state index contributed by atoms with van der Waals surface area (Å²) in [5.74, 6) is 1.65. The van der Waals surface area contributed by atoms with Crippen molar-refractivity contribution in [1.82, 2.24) is 0 Å². The summed E-state index contributed by atoms with van der Waals surface area (Å²) in [6.07, 6.45) is 0. The summed E-state index contributed by atoms with van der Waals surface area (Å²) in [6.45, 7) is 3.00. The quantitative estimate of drug-likeness (QED) is 0.685. The predicted molar refractivity (Wildman–Crippen MR) is 96.0 cm³/mol. The van der Waals surface area contributed by atoms with Gasteiger partial charge in [-0.1, -0.05) is 18.2 Å². The standard InChI is InChI=1S/C20H17NO4/c1-13-12-18(23)19(14(2)22)20(24-13)21-15-8-10-17(11-9-15)25-16-6-4-3-5-7-16/h3-12,21H,1-2H3. The maximum atomic E-state index is 12.0. The van der Waals surface area contributed by atoms with Crippen molar-refractivity contribution < 1.29 is 13.9 Å². The van der Waals surface area contributed by atoms with Crippen LogP contribution in [0.3, 0.4) is 0 Å². The van der Waals surface area contributed by atoms with Gasteiger partial charge in [-0.25, -0.2) is 0 Å². The van der Waals surface area contributed by atoms with E-state index in [2.05, 4.69) is 5.32 Å². The number of hydrogen-bond acceptors (Lipinski definition) is 5. The molecule has 5 heteroatoms. The molecule has 3 rings (SSSR count). The summed E-state index contributed by atoms with van der Waals surface area (Å²) in [6, 6.07) is 17.9. The zero-order valence-corrected chi connectivity index (χ0v) is 13.9. The summed E-state index contributed by atoms with van der Waals surface area (Å²) in [7, 11) is 0. The van der Waals surface area contributed by atoms with Gasteiger partial charge in [0, 0.05) is 11.8 Å². The Morgan fingerprint density at radius 1 is 1.00 bits per heavy atom. The first-order chi connectivity index (χ1) is 12.0. The molecule has 0 aliphatic rings. The van der Waals surface area contributed by atoms with Gasteiger partial charge in [-0.2, -0.15) is 0 Å². The van der Waals surface area contributed by atoms with Crippen LogP contribution < -0.4 is 15.5 Å². The van der Waals surface area contributed by atoms with Crippen molar-refractivity contribution in [2.45, 2.75) is 13.8 Å². The van der Waals surface area contributed by atoms with E-state index < -0.39 is 0 Å². The minimum atomic E-state index is -0.359. The number of Topliss-reactive ketones (excluding diaryl/α,β-unsaturated/α-hetero) is 1. The number of para-hydroxylation sites is 1. The fourth-order valence-corrected chi connectivity index (χ4v) is 2.39. The van der Waals surface area contributed by atoms with Crippen LogP contribution in [0.25, 0.3) is 0 Å². The van der Waals surface area contributed by atoms with E-state index >= 15 is 0 Å². The highest BCUT2D eigenvalue weighted by Crippen LogP contribution is 2.25. The molecule has 3 aromatic rings. The van der Waals surface area contributed by atoms with Gasteiger partial charge in [-0.3, -0.25) is 9.59 Å². The maximum absolute atomic E-state index is 12.0. The number of aryl methyl sites for hydroxylation is 1. The zero-order valence-electron chi connectivity index (χ0n) is 13.9. The van der Waals surface area contributed by atoms with Gasteiger partial charge in [-0.05, 0) is 50.2 Å². The van der Waals surface area contributed by atoms with Gasteiger partial charge in [0.25, 0.3) is 0 Å². The van der Waals surface area contributed by atoms with Crippen molar-refractivity contribution in [2.24, 2.45) is 0 Å². The van der Waals surface area contributed by atoms with Crippen LogP contribution in [0.5, 0.6) is 11.5 Å². The monoisotopic (exact) mass is 335 g/mol. The number of ketones is 1. The van der Waals surface area contributed by atoms with Crippen molar-refractivity contribution in [1.29, 1.82) is 0 Å². The fraction of sp³-hybridized carbons (Fsp3) is 0.100. The molecule has 0 atom stereocenters. The van der Waals surface area contributed by atoms with Crippen LogP contribution in [0.15, 0.2) is 69.9 Å². The summed E-state index contributed by atoms with van der Waals surface area (Å²) in [4.78, 5) is 23.7. The molecular formula is C20H17NO4. The Labute approximate surface area is 144 Å². The fourth-order valence-electron chi connectivity index (χ4n) is 2.39. The molecule has 25 heavy (non-hydrogen) atoms. The maximum Gasteiger partial charge on any atom is 0.212 e. The van der Waals surface area contributed by atoms with Crippen LogP contribution in [-0.4, -0.2) is 5.78 Å². The van der Waals surface area contributed by atoms with E-state index in [1.165, 1.54) is 13.0 Å². The molecule has 0 bridgehead atoms. The normalized spacial score (nSPS) is 10.3. The average molecular weight is 335 g/mol. The first-order valence-corrected chi connectivity index (χ1v) is 7.78. The number of carbonyl (C=O) groups is 1. The highest BCUT2D eigenvalue weighted by atomic mass is 16.5. The molecule has 0 saturated heterocycles. The molecule has 5 nitrogen and oxygen atoms in total. The molecular weight excluding hydrogens is 318 g/mol. The molecule has 0 aliphatic heterocycles. The predicted octanol–water partition coefficient (Wildman–Crippen LogP) is 4.69. The largest absolute Gasteiger partial charge is 0.457 e. The van der Waals surface area contributed by atoms with Gasteiger partial charge in [0.2, 0.25) is 5.88 Å². The Morgan fingerprint density at radius 3 is 2.28 bits per heavy atom. The molecule has 1 aromatic heterocycles. The number of rotatable bonds is 5. The smallest absolute Gasteiger partial charge is 0.212 e. The molecule has 1 N–H and O–H groups in total. The highest BCUT2D eigenvalue weighted by Gasteiger charge is 2.15. The summed E-state index contributed by atoms with van der Waals surface area (Å²) >= 11 is 0. The lowest BCUT2D eigenvalue weighted by Gasteiger charge is -2.10. The molecule has 0 amide bonds.